The molecule has 1 aromatic rings. The second-order valence-corrected chi connectivity index (χ2v) is 4.57. The lowest BCUT2D eigenvalue weighted by atomic mass is 10.1. The Morgan fingerprint density at radius 2 is 2.11 bits per heavy atom. The number of nitrogen functional groups attached to an aromatic ring is 1. The molecule has 0 aliphatic rings. The maximum absolute atomic E-state index is 11.4. The number of ether oxygens (including phenoxy) is 2. The molecule has 0 bridgehead atoms. The van der Waals surface area contributed by atoms with Crippen LogP contribution in [0.25, 0.3) is 0 Å². The van der Waals surface area contributed by atoms with Crippen molar-refractivity contribution in [3.05, 3.63) is 24.3 Å². The average molecular weight is 251 g/mol. The molecule has 0 atom stereocenters. The van der Waals surface area contributed by atoms with E-state index in [2.05, 4.69) is 13.8 Å². The Morgan fingerprint density at radius 3 is 2.78 bits per heavy atom. The zero-order valence-corrected chi connectivity index (χ0v) is 11.0. The van der Waals surface area contributed by atoms with Gasteiger partial charge in [0.2, 0.25) is 0 Å². The van der Waals surface area contributed by atoms with Crippen LogP contribution >= 0.6 is 0 Å². The Morgan fingerprint density at radius 1 is 1.33 bits per heavy atom. The van der Waals surface area contributed by atoms with Gasteiger partial charge in [-0.25, -0.2) is 0 Å². The molecule has 0 heterocycles. The normalized spacial score (nSPS) is 10.4. The Bertz CT molecular complexity index is 377. The van der Waals surface area contributed by atoms with E-state index in [0.29, 0.717) is 30.6 Å². The van der Waals surface area contributed by atoms with Gasteiger partial charge in [0.15, 0.2) is 0 Å². The summed E-state index contributed by atoms with van der Waals surface area (Å²) in [5, 5.41) is 0. The summed E-state index contributed by atoms with van der Waals surface area (Å²) < 4.78 is 10.5. The molecule has 4 nitrogen and oxygen atoms in total. The van der Waals surface area contributed by atoms with Crippen molar-refractivity contribution in [3.63, 3.8) is 0 Å². The quantitative estimate of drug-likeness (QED) is 0.597. The highest BCUT2D eigenvalue weighted by atomic mass is 16.5. The van der Waals surface area contributed by atoms with E-state index in [1.807, 2.05) is 6.07 Å². The first kappa shape index (κ1) is 14.4. The number of hydrogen-bond acceptors (Lipinski definition) is 4. The predicted molar refractivity (Wildman–Crippen MR) is 71.4 cm³/mol. The van der Waals surface area contributed by atoms with Gasteiger partial charge in [-0.15, -0.1) is 0 Å². The molecule has 0 saturated carbocycles. The summed E-state index contributed by atoms with van der Waals surface area (Å²) in [5.74, 6) is 0.992. The molecule has 0 amide bonds. The van der Waals surface area contributed by atoms with Crippen LogP contribution in [0.3, 0.4) is 0 Å². The van der Waals surface area contributed by atoms with Crippen LogP contribution in [-0.4, -0.2) is 19.2 Å². The van der Waals surface area contributed by atoms with Crippen molar-refractivity contribution in [2.75, 3.05) is 18.9 Å². The molecule has 0 fully saturated rings. The van der Waals surface area contributed by atoms with Crippen LogP contribution < -0.4 is 10.5 Å². The summed E-state index contributed by atoms with van der Waals surface area (Å²) in [5.41, 5.74) is 6.26. The number of esters is 1. The fourth-order valence-electron chi connectivity index (χ4n) is 1.34. The van der Waals surface area contributed by atoms with Gasteiger partial charge in [0.1, 0.15) is 5.75 Å². The number of nitrogens with two attached hydrogens (primary N) is 1. The number of benzene rings is 1. The van der Waals surface area contributed by atoms with Crippen molar-refractivity contribution in [3.8, 4) is 5.75 Å². The summed E-state index contributed by atoms with van der Waals surface area (Å²) in [6.45, 7) is 4.98. The molecule has 4 heteroatoms. The van der Waals surface area contributed by atoms with E-state index in [4.69, 9.17) is 15.2 Å². The Hall–Kier alpha value is -1.71. The second kappa shape index (κ2) is 7.58. The van der Waals surface area contributed by atoms with Gasteiger partial charge in [-0.2, -0.15) is 0 Å². The molecule has 0 radical (unpaired) electrons. The third kappa shape index (κ3) is 6.13. The minimum Gasteiger partial charge on any atom is -0.493 e. The molecule has 0 spiro atoms. The molecule has 1 rings (SSSR count). The number of carbonyl (C=O) groups is 1. The number of carbonyl (C=O) groups excluding carboxylic acids is 1. The van der Waals surface area contributed by atoms with E-state index in [9.17, 15) is 4.79 Å². The molecule has 100 valence electrons. The topological polar surface area (TPSA) is 61.5 Å². The molecular formula is C14H21NO3. The lowest BCUT2D eigenvalue weighted by Crippen LogP contribution is -2.11. The summed E-state index contributed by atoms with van der Waals surface area (Å²) in [6, 6.07) is 7.13. The van der Waals surface area contributed by atoms with Crippen LogP contribution in [0.5, 0.6) is 5.75 Å². The summed E-state index contributed by atoms with van der Waals surface area (Å²) in [7, 11) is 0. The van der Waals surface area contributed by atoms with Crippen molar-refractivity contribution < 1.29 is 14.3 Å². The molecule has 0 unspecified atom stereocenters. The van der Waals surface area contributed by atoms with Crippen LogP contribution in [0.2, 0.25) is 0 Å². The van der Waals surface area contributed by atoms with Gasteiger partial charge in [-0.05, 0) is 24.5 Å². The van der Waals surface area contributed by atoms with Gasteiger partial charge in [0.05, 0.1) is 19.6 Å². The van der Waals surface area contributed by atoms with E-state index in [1.54, 1.807) is 18.2 Å². The van der Waals surface area contributed by atoms with E-state index in [-0.39, 0.29) is 12.4 Å². The zero-order chi connectivity index (χ0) is 13.4. The van der Waals surface area contributed by atoms with Crippen LogP contribution in [0, 0.1) is 5.92 Å². The van der Waals surface area contributed by atoms with Crippen molar-refractivity contribution in [1.82, 2.24) is 0 Å². The van der Waals surface area contributed by atoms with Crippen molar-refractivity contribution in [1.29, 1.82) is 0 Å². The first-order valence-corrected chi connectivity index (χ1v) is 6.22. The Labute approximate surface area is 108 Å². The van der Waals surface area contributed by atoms with E-state index in [1.165, 1.54) is 0 Å². The molecule has 0 aliphatic carbocycles. The van der Waals surface area contributed by atoms with Crippen LogP contribution in [0.4, 0.5) is 5.69 Å². The summed E-state index contributed by atoms with van der Waals surface area (Å²) in [6.07, 6.45) is 1.15. The van der Waals surface area contributed by atoms with Crippen molar-refractivity contribution in [2.45, 2.75) is 26.7 Å². The molecule has 0 aliphatic heterocycles. The second-order valence-electron chi connectivity index (χ2n) is 4.57. The summed E-state index contributed by atoms with van der Waals surface area (Å²) >= 11 is 0. The third-order valence-electron chi connectivity index (χ3n) is 2.39. The minimum absolute atomic E-state index is 0.223. The van der Waals surface area contributed by atoms with Gasteiger partial charge in [-0.3, -0.25) is 4.79 Å². The fourth-order valence-corrected chi connectivity index (χ4v) is 1.34. The smallest absolute Gasteiger partial charge is 0.309 e. The van der Waals surface area contributed by atoms with Gasteiger partial charge >= 0.3 is 5.97 Å². The van der Waals surface area contributed by atoms with Crippen LogP contribution in [-0.2, 0) is 9.53 Å². The highest BCUT2D eigenvalue weighted by molar-refractivity contribution is 5.69. The number of anilines is 1. The maximum Gasteiger partial charge on any atom is 0.309 e. The van der Waals surface area contributed by atoms with Gasteiger partial charge < -0.3 is 15.2 Å². The monoisotopic (exact) mass is 251 g/mol. The number of hydrogen-bond donors (Lipinski definition) is 1. The molecule has 0 saturated heterocycles. The van der Waals surface area contributed by atoms with Gasteiger partial charge in [0, 0.05) is 11.8 Å². The largest absolute Gasteiger partial charge is 0.493 e. The minimum atomic E-state index is -0.223. The third-order valence-corrected chi connectivity index (χ3v) is 2.39. The lowest BCUT2D eigenvalue weighted by Gasteiger charge is -2.08. The Balaban J connectivity index is 2.15. The fraction of sp³-hybridized carbons (Fsp3) is 0.500. The van der Waals surface area contributed by atoms with E-state index >= 15 is 0 Å². The zero-order valence-electron chi connectivity index (χ0n) is 11.0. The predicted octanol–water partition coefficient (Wildman–Crippen LogP) is 2.63. The summed E-state index contributed by atoms with van der Waals surface area (Å²) in [4.78, 5) is 11.4. The van der Waals surface area contributed by atoms with Gasteiger partial charge in [0.25, 0.3) is 0 Å². The van der Waals surface area contributed by atoms with Crippen LogP contribution in [0.15, 0.2) is 24.3 Å². The highest BCUT2D eigenvalue weighted by Crippen LogP contribution is 2.14. The average Bonchev–Trinajstić information content (AvgIpc) is 2.28. The highest BCUT2D eigenvalue weighted by Gasteiger charge is 2.04. The SMILES string of the molecule is CC(C)CCOC(=O)CCOc1cccc(N)c1. The molecule has 0 aromatic heterocycles. The number of rotatable bonds is 7. The maximum atomic E-state index is 11.4. The van der Waals surface area contributed by atoms with Crippen molar-refractivity contribution >= 4 is 11.7 Å². The first-order chi connectivity index (χ1) is 8.58. The van der Waals surface area contributed by atoms with Gasteiger partial charge in [-0.1, -0.05) is 19.9 Å². The van der Waals surface area contributed by atoms with E-state index in [0.717, 1.165) is 6.42 Å². The van der Waals surface area contributed by atoms with E-state index < -0.39 is 0 Å². The van der Waals surface area contributed by atoms with Crippen molar-refractivity contribution in [2.24, 2.45) is 5.92 Å². The van der Waals surface area contributed by atoms with Crippen LogP contribution in [0.1, 0.15) is 26.7 Å². The lowest BCUT2D eigenvalue weighted by molar-refractivity contribution is -0.144. The first-order valence-electron chi connectivity index (χ1n) is 6.22. The molecule has 18 heavy (non-hydrogen) atoms. The standard InChI is InChI=1S/C14H21NO3/c1-11(2)6-8-18-14(16)7-9-17-13-5-3-4-12(15)10-13/h3-5,10-11H,6-9,15H2,1-2H3. The molecule has 1 aromatic carbocycles. The molecular weight excluding hydrogens is 230 g/mol. The Kier molecular flexibility index (Phi) is 6.05. The molecule has 2 N–H and O–H groups in total.